The van der Waals surface area contributed by atoms with Crippen LogP contribution in [0, 0.1) is 0 Å². The molecule has 0 saturated heterocycles. The van der Waals surface area contributed by atoms with Crippen LogP contribution in [0.2, 0.25) is 0 Å². The molecular formula is C14H21N. The molecule has 1 fully saturated rings. The summed E-state index contributed by atoms with van der Waals surface area (Å²) < 4.78 is 0. The molecule has 1 saturated carbocycles. The van der Waals surface area contributed by atoms with Crippen LogP contribution >= 0.6 is 0 Å². The molecule has 1 aromatic rings. The molecule has 1 nitrogen and oxygen atoms in total. The minimum absolute atomic E-state index is 0.214. The maximum atomic E-state index is 4.64. The van der Waals surface area contributed by atoms with Gasteiger partial charge in [0.2, 0.25) is 0 Å². The van der Waals surface area contributed by atoms with Gasteiger partial charge in [-0.3, -0.25) is 4.98 Å². The van der Waals surface area contributed by atoms with Crippen molar-refractivity contribution in [2.24, 2.45) is 0 Å². The maximum absolute atomic E-state index is 4.64. The van der Waals surface area contributed by atoms with Gasteiger partial charge in [0.1, 0.15) is 0 Å². The van der Waals surface area contributed by atoms with Gasteiger partial charge in [-0.1, -0.05) is 40.2 Å². The SMILES string of the molecule is CC(C)(C)c1ccc(C2(C)CCC2)nc1. The molecule has 0 radical (unpaired) electrons. The zero-order valence-corrected chi connectivity index (χ0v) is 10.3. The van der Waals surface area contributed by atoms with E-state index in [0.717, 1.165) is 0 Å². The van der Waals surface area contributed by atoms with Gasteiger partial charge in [-0.25, -0.2) is 0 Å². The lowest BCUT2D eigenvalue weighted by atomic mass is 9.68. The highest BCUT2D eigenvalue weighted by molar-refractivity contribution is 5.26. The molecule has 0 amide bonds. The third-order valence-electron chi connectivity index (χ3n) is 3.70. The van der Waals surface area contributed by atoms with E-state index in [4.69, 9.17) is 0 Å². The van der Waals surface area contributed by atoms with Crippen LogP contribution in [0.5, 0.6) is 0 Å². The summed E-state index contributed by atoms with van der Waals surface area (Å²) in [5, 5.41) is 0. The van der Waals surface area contributed by atoms with E-state index in [2.05, 4.69) is 51.0 Å². The fourth-order valence-corrected chi connectivity index (χ4v) is 2.16. The fourth-order valence-electron chi connectivity index (χ4n) is 2.16. The lowest BCUT2D eigenvalue weighted by Gasteiger charge is -2.38. The summed E-state index contributed by atoms with van der Waals surface area (Å²) in [5.41, 5.74) is 3.19. The summed E-state index contributed by atoms with van der Waals surface area (Å²) in [7, 11) is 0. The zero-order chi connectivity index (χ0) is 11.1. The number of aromatic nitrogens is 1. The third kappa shape index (κ3) is 1.92. The molecule has 1 aliphatic carbocycles. The molecule has 15 heavy (non-hydrogen) atoms. The molecule has 0 bridgehead atoms. The normalized spacial score (nSPS) is 19.7. The molecule has 0 atom stereocenters. The predicted octanol–water partition coefficient (Wildman–Crippen LogP) is 3.82. The third-order valence-corrected chi connectivity index (χ3v) is 3.70. The molecule has 0 unspecified atom stereocenters. The van der Waals surface area contributed by atoms with Gasteiger partial charge in [-0.15, -0.1) is 0 Å². The van der Waals surface area contributed by atoms with Crippen LogP contribution in [0.3, 0.4) is 0 Å². The maximum Gasteiger partial charge on any atom is 0.0462 e. The Morgan fingerprint density at radius 3 is 2.20 bits per heavy atom. The van der Waals surface area contributed by atoms with Crippen LogP contribution < -0.4 is 0 Å². The monoisotopic (exact) mass is 203 g/mol. The van der Waals surface area contributed by atoms with E-state index in [1.54, 1.807) is 0 Å². The van der Waals surface area contributed by atoms with Gasteiger partial charge in [0.25, 0.3) is 0 Å². The Labute approximate surface area is 92.9 Å². The van der Waals surface area contributed by atoms with Crippen molar-refractivity contribution in [1.29, 1.82) is 0 Å². The van der Waals surface area contributed by atoms with E-state index in [-0.39, 0.29) is 5.41 Å². The van der Waals surface area contributed by atoms with E-state index in [0.29, 0.717) is 5.41 Å². The van der Waals surface area contributed by atoms with Gasteiger partial charge in [-0.2, -0.15) is 0 Å². The Hall–Kier alpha value is -0.850. The summed E-state index contributed by atoms with van der Waals surface area (Å²) in [6.07, 6.45) is 6.02. The van der Waals surface area contributed by atoms with E-state index in [9.17, 15) is 0 Å². The molecule has 0 spiro atoms. The molecule has 0 N–H and O–H groups in total. The summed E-state index contributed by atoms with van der Waals surface area (Å²) in [6.45, 7) is 9.02. The van der Waals surface area contributed by atoms with Gasteiger partial charge < -0.3 is 0 Å². The highest BCUT2D eigenvalue weighted by Crippen LogP contribution is 2.42. The van der Waals surface area contributed by atoms with Gasteiger partial charge in [0, 0.05) is 17.3 Å². The van der Waals surface area contributed by atoms with Crippen molar-refractivity contribution in [3.05, 3.63) is 29.6 Å². The van der Waals surface area contributed by atoms with Crippen molar-refractivity contribution in [1.82, 2.24) is 4.98 Å². The highest BCUT2D eigenvalue weighted by atomic mass is 14.7. The van der Waals surface area contributed by atoms with E-state index < -0.39 is 0 Å². The smallest absolute Gasteiger partial charge is 0.0462 e. The van der Waals surface area contributed by atoms with Crippen molar-refractivity contribution < 1.29 is 0 Å². The molecule has 0 aliphatic heterocycles. The molecule has 2 rings (SSSR count). The van der Waals surface area contributed by atoms with Gasteiger partial charge in [-0.05, 0) is 29.9 Å². The van der Waals surface area contributed by atoms with Crippen LogP contribution in [0.1, 0.15) is 58.2 Å². The topological polar surface area (TPSA) is 12.9 Å². The Morgan fingerprint density at radius 2 is 1.87 bits per heavy atom. The average molecular weight is 203 g/mol. The number of hydrogen-bond donors (Lipinski definition) is 0. The molecular weight excluding hydrogens is 182 g/mol. The van der Waals surface area contributed by atoms with E-state index in [1.807, 2.05) is 0 Å². The first-order chi connectivity index (χ1) is 6.92. The lowest BCUT2D eigenvalue weighted by molar-refractivity contribution is 0.264. The Kier molecular flexibility index (Phi) is 2.37. The second-order valence-electron chi connectivity index (χ2n) is 6.10. The first-order valence-electron chi connectivity index (χ1n) is 5.89. The average Bonchev–Trinajstić information content (AvgIpc) is 2.13. The molecule has 0 aromatic carbocycles. The minimum atomic E-state index is 0.214. The lowest BCUT2D eigenvalue weighted by Crippen LogP contribution is -2.31. The van der Waals surface area contributed by atoms with Crippen LogP contribution in [-0.2, 0) is 10.8 Å². The Bertz CT molecular complexity index is 339. The van der Waals surface area contributed by atoms with E-state index >= 15 is 0 Å². The predicted molar refractivity (Wildman–Crippen MR) is 64.1 cm³/mol. The fraction of sp³-hybridized carbons (Fsp3) is 0.643. The quantitative estimate of drug-likeness (QED) is 0.676. The largest absolute Gasteiger partial charge is 0.260 e. The summed E-state index contributed by atoms with van der Waals surface area (Å²) in [4.78, 5) is 4.64. The Balaban J connectivity index is 2.24. The van der Waals surface area contributed by atoms with Crippen molar-refractivity contribution in [2.75, 3.05) is 0 Å². The number of nitrogens with zero attached hydrogens (tertiary/aromatic N) is 1. The molecule has 1 heterocycles. The van der Waals surface area contributed by atoms with Gasteiger partial charge in [0.15, 0.2) is 0 Å². The summed E-state index contributed by atoms with van der Waals surface area (Å²) in [5.74, 6) is 0. The summed E-state index contributed by atoms with van der Waals surface area (Å²) in [6, 6.07) is 4.46. The second kappa shape index (κ2) is 3.33. The number of hydrogen-bond acceptors (Lipinski definition) is 1. The zero-order valence-electron chi connectivity index (χ0n) is 10.3. The minimum Gasteiger partial charge on any atom is -0.260 e. The van der Waals surface area contributed by atoms with Crippen molar-refractivity contribution in [2.45, 2.75) is 57.8 Å². The van der Waals surface area contributed by atoms with Crippen LogP contribution in [-0.4, -0.2) is 4.98 Å². The Morgan fingerprint density at radius 1 is 1.20 bits per heavy atom. The van der Waals surface area contributed by atoms with Gasteiger partial charge in [0.05, 0.1) is 0 Å². The summed E-state index contributed by atoms with van der Waals surface area (Å²) >= 11 is 0. The van der Waals surface area contributed by atoms with Crippen molar-refractivity contribution in [3.63, 3.8) is 0 Å². The molecule has 82 valence electrons. The van der Waals surface area contributed by atoms with Gasteiger partial charge >= 0.3 is 0 Å². The first-order valence-corrected chi connectivity index (χ1v) is 5.89. The molecule has 1 heteroatoms. The van der Waals surface area contributed by atoms with Crippen LogP contribution in [0.25, 0.3) is 0 Å². The van der Waals surface area contributed by atoms with Crippen LogP contribution in [0.15, 0.2) is 18.3 Å². The number of rotatable bonds is 1. The first kappa shape index (κ1) is 10.7. The standard InChI is InChI=1S/C14H21N/c1-13(2,3)11-6-7-12(15-10-11)14(4)8-5-9-14/h6-7,10H,5,8-9H2,1-4H3. The number of pyridine rings is 1. The van der Waals surface area contributed by atoms with Crippen molar-refractivity contribution in [3.8, 4) is 0 Å². The highest BCUT2D eigenvalue weighted by Gasteiger charge is 2.34. The van der Waals surface area contributed by atoms with Crippen molar-refractivity contribution >= 4 is 0 Å². The second-order valence-corrected chi connectivity index (χ2v) is 6.10. The molecule has 1 aromatic heterocycles. The van der Waals surface area contributed by atoms with E-state index in [1.165, 1.54) is 30.5 Å². The molecule has 1 aliphatic rings. The van der Waals surface area contributed by atoms with Crippen LogP contribution in [0.4, 0.5) is 0 Å².